The van der Waals surface area contributed by atoms with Crippen molar-refractivity contribution in [2.75, 3.05) is 13.2 Å². The van der Waals surface area contributed by atoms with Crippen molar-refractivity contribution in [1.29, 1.82) is 0 Å². The molecular formula is C11H21N3O5. The van der Waals surface area contributed by atoms with E-state index in [4.69, 9.17) is 18.7 Å². The van der Waals surface area contributed by atoms with E-state index in [1.807, 2.05) is 5.32 Å². The number of rotatable bonds is 6. The molecule has 110 valence electrons. The van der Waals surface area contributed by atoms with E-state index in [9.17, 15) is 14.4 Å². The highest BCUT2D eigenvalue weighted by atomic mass is 16.4. The average Bonchev–Trinajstić information content (AvgIpc) is 2.43. The average molecular weight is 277 g/mol. The lowest BCUT2D eigenvalue weighted by atomic mass is 9.86. The fourth-order valence-electron chi connectivity index (χ4n) is 1.22. The summed E-state index contributed by atoms with van der Waals surface area (Å²) in [5.41, 5.74) is 4.05. The Balaban J connectivity index is 5.36. The minimum Gasteiger partial charge on any atom is -0.480 e. The van der Waals surface area contributed by atoms with Crippen LogP contribution in [0, 0.1) is 5.41 Å². The molecule has 0 aromatic rings. The van der Waals surface area contributed by atoms with Crippen molar-refractivity contribution in [2.24, 2.45) is 11.1 Å². The second kappa shape index (κ2) is 7.05. The van der Waals surface area contributed by atoms with Crippen molar-refractivity contribution in [3.05, 3.63) is 0 Å². The summed E-state index contributed by atoms with van der Waals surface area (Å²) < 4.78 is 15.1. The first-order valence-corrected chi connectivity index (χ1v) is 5.56. The number of nitrogens with two attached hydrogens (primary N) is 1. The van der Waals surface area contributed by atoms with E-state index in [2.05, 4.69) is 0 Å². The fourth-order valence-corrected chi connectivity index (χ4v) is 1.22. The quantitative estimate of drug-likeness (QED) is 0.381. The molecule has 0 radical (unpaired) electrons. The summed E-state index contributed by atoms with van der Waals surface area (Å²) in [5.74, 6) is -3.23. The van der Waals surface area contributed by atoms with Crippen LogP contribution in [0.25, 0.3) is 0 Å². The molecule has 0 aliphatic carbocycles. The first kappa shape index (κ1) is 13.8. The third-order valence-corrected chi connectivity index (χ3v) is 2.23. The predicted octanol–water partition coefficient (Wildman–Crippen LogP) is -1.96. The van der Waals surface area contributed by atoms with Crippen LogP contribution in [-0.4, -0.2) is 53.2 Å². The lowest BCUT2D eigenvalue weighted by Gasteiger charge is -2.31. The first-order valence-electron chi connectivity index (χ1n) is 6.72. The van der Waals surface area contributed by atoms with Gasteiger partial charge in [-0.15, -0.1) is 0 Å². The molecule has 8 nitrogen and oxygen atoms in total. The number of carbonyl (C=O) groups excluding carboxylic acids is 2. The van der Waals surface area contributed by atoms with Gasteiger partial charge in [-0.3, -0.25) is 9.59 Å². The van der Waals surface area contributed by atoms with Crippen LogP contribution < -0.4 is 16.4 Å². The molecular weight excluding hydrogens is 254 g/mol. The Labute approximate surface area is 114 Å². The van der Waals surface area contributed by atoms with E-state index in [-0.39, 0.29) is 6.90 Å². The van der Waals surface area contributed by atoms with Gasteiger partial charge in [0.1, 0.15) is 12.1 Å². The lowest BCUT2D eigenvalue weighted by Crippen LogP contribution is -2.58. The number of amides is 2. The molecule has 0 spiro atoms. The van der Waals surface area contributed by atoms with Gasteiger partial charge in [0.2, 0.25) is 11.8 Å². The van der Waals surface area contributed by atoms with Crippen molar-refractivity contribution >= 4 is 17.8 Å². The number of aliphatic hydroxyl groups is 1. The van der Waals surface area contributed by atoms with Crippen LogP contribution in [0.1, 0.15) is 22.1 Å². The molecule has 0 saturated heterocycles. The number of aliphatic carboxylic acids is 1. The monoisotopic (exact) mass is 277 g/mol. The second-order valence-corrected chi connectivity index (χ2v) is 4.70. The number of carboxylic acid groups (broad SMARTS) is 1. The Hall–Kier alpha value is -1.67. The Bertz CT molecular complexity index is 405. The summed E-state index contributed by atoms with van der Waals surface area (Å²) >= 11 is 0. The largest absolute Gasteiger partial charge is 0.480 e. The smallest absolute Gasteiger partial charge is 0.328 e. The van der Waals surface area contributed by atoms with Gasteiger partial charge in [-0.25, -0.2) is 4.79 Å². The maximum atomic E-state index is 12.2. The van der Waals surface area contributed by atoms with Gasteiger partial charge in [0.25, 0.3) is 0 Å². The molecule has 0 unspecified atom stereocenters. The molecule has 19 heavy (non-hydrogen) atoms. The van der Waals surface area contributed by atoms with Crippen molar-refractivity contribution in [3.63, 3.8) is 0 Å². The van der Waals surface area contributed by atoms with Gasteiger partial charge in [-0.1, -0.05) is 20.7 Å². The number of hydrogen-bond acceptors (Lipinski definition) is 5. The molecule has 0 fully saturated rings. The molecule has 0 aliphatic rings. The summed E-state index contributed by atoms with van der Waals surface area (Å²) in [5, 5.41) is 20.1. The van der Waals surface area contributed by atoms with Gasteiger partial charge in [0.05, 0.1) is 13.2 Å². The SMILES string of the molecule is [2H]CC(C)(C)[C@@H](C(=O)N[C@@H](CO)C(=O)O)N([2H])C(=O)CN. The van der Waals surface area contributed by atoms with E-state index >= 15 is 0 Å². The topological polar surface area (TPSA) is 142 Å². The van der Waals surface area contributed by atoms with Crippen molar-refractivity contribution in [1.82, 2.24) is 10.6 Å². The maximum Gasteiger partial charge on any atom is 0.328 e. The summed E-state index contributed by atoms with van der Waals surface area (Å²) in [6.45, 7) is 1.37. The normalized spacial score (nSPS) is 15.8. The van der Waals surface area contributed by atoms with E-state index < -0.39 is 48.4 Å². The Morgan fingerprint density at radius 3 is 2.42 bits per heavy atom. The van der Waals surface area contributed by atoms with Gasteiger partial charge in [-0.05, 0) is 5.41 Å². The van der Waals surface area contributed by atoms with Crippen molar-refractivity contribution < 1.29 is 27.4 Å². The Morgan fingerprint density at radius 1 is 1.47 bits per heavy atom. The van der Waals surface area contributed by atoms with Crippen molar-refractivity contribution in [3.8, 4) is 0 Å². The van der Waals surface area contributed by atoms with Crippen LogP contribution >= 0.6 is 0 Å². The van der Waals surface area contributed by atoms with Crippen LogP contribution in [0.4, 0.5) is 0 Å². The van der Waals surface area contributed by atoms with Crippen LogP contribution in [0.2, 0.25) is 1.41 Å². The highest BCUT2D eigenvalue weighted by molar-refractivity contribution is 5.91. The number of carbonyl (C=O) groups is 3. The first-order chi connectivity index (χ1) is 9.62. The Kier molecular flexibility index (Phi) is 5.10. The Morgan fingerprint density at radius 2 is 2.05 bits per heavy atom. The zero-order valence-electron chi connectivity index (χ0n) is 12.9. The minimum atomic E-state index is -1.55. The van der Waals surface area contributed by atoms with Crippen LogP contribution in [0.5, 0.6) is 0 Å². The van der Waals surface area contributed by atoms with Gasteiger partial charge < -0.3 is 26.6 Å². The van der Waals surface area contributed by atoms with Crippen LogP contribution in [0.15, 0.2) is 0 Å². The van der Waals surface area contributed by atoms with Gasteiger partial charge in [0, 0.05) is 1.37 Å². The standard InChI is InChI=1S/C11H21N3O5/c1-11(2,3)8(14-7(16)4-12)9(17)13-6(5-15)10(18)19/h6,8,15H,4-5,12H2,1-3H3,(H,13,17)(H,14,16)(H,18,19)/t6-,8+/m0/s1/i1D/hD. The molecule has 6 N–H and O–H groups in total. The van der Waals surface area contributed by atoms with Gasteiger partial charge >= 0.3 is 5.97 Å². The minimum absolute atomic E-state index is 0.283. The molecule has 0 aromatic heterocycles. The van der Waals surface area contributed by atoms with E-state index in [1.165, 1.54) is 13.8 Å². The number of nitrogens with one attached hydrogen (secondary N) is 2. The zero-order valence-corrected chi connectivity index (χ0v) is 10.9. The fraction of sp³-hybridized carbons (Fsp3) is 0.727. The maximum absolute atomic E-state index is 12.2. The molecule has 0 bridgehead atoms. The van der Waals surface area contributed by atoms with Gasteiger partial charge in [-0.2, -0.15) is 0 Å². The van der Waals surface area contributed by atoms with E-state index in [1.54, 1.807) is 0 Å². The number of aliphatic hydroxyl groups excluding tert-OH is 1. The summed E-state index contributed by atoms with van der Waals surface area (Å²) in [6.07, 6.45) is 0. The predicted molar refractivity (Wildman–Crippen MR) is 67.1 cm³/mol. The number of hydrogen-bond donors (Lipinski definition) is 5. The number of carboxylic acids is 1. The molecule has 0 heterocycles. The molecule has 8 heteroatoms. The summed E-state index contributed by atoms with van der Waals surface area (Å²) in [6, 6.07) is -2.96. The zero-order chi connectivity index (χ0) is 16.8. The molecule has 0 saturated carbocycles. The molecule has 0 rings (SSSR count). The molecule has 2 atom stereocenters. The van der Waals surface area contributed by atoms with Crippen molar-refractivity contribution in [2.45, 2.75) is 32.8 Å². The second-order valence-electron chi connectivity index (χ2n) is 4.70. The molecule has 0 aliphatic heterocycles. The lowest BCUT2D eigenvalue weighted by molar-refractivity contribution is -0.144. The summed E-state index contributed by atoms with van der Waals surface area (Å²) in [4.78, 5) is 34.5. The van der Waals surface area contributed by atoms with Gasteiger partial charge in [0.15, 0.2) is 1.41 Å². The summed E-state index contributed by atoms with van der Waals surface area (Å²) in [7, 11) is 0. The third kappa shape index (κ3) is 5.66. The third-order valence-electron chi connectivity index (χ3n) is 2.23. The van der Waals surface area contributed by atoms with E-state index in [0.29, 0.717) is 5.31 Å². The van der Waals surface area contributed by atoms with Crippen LogP contribution in [0.3, 0.4) is 0 Å². The van der Waals surface area contributed by atoms with Crippen LogP contribution in [-0.2, 0) is 14.4 Å². The molecule has 0 aromatic carbocycles. The highest BCUT2D eigenvalue weighted by Gasteiger charge is 2.34. The molecule has 2 amide bonds. The van der Waals surface area contributed by atoms with E-state index in [0.717, 1.165) is 0 Å². The highest BCUT2D eigenvalue weighted by Crippen LogP contribution is 2.19.